The molecule has 2 saturated carbocycles. The highest BCUT2D eigenvalue weighted by atomic mass is 16.5. The topological polar surface area (TPSA) is 84.9 Å². The van der Waals surface area contributed by atoms with Gasteiger partial charge in [-0.15, -0.1) is 0 Å². The van der Waals surface area contributed by atoms with Gasteiger partial charge in [0.15, 0.2) is 5.78 Å². The molecule has 36 heavy (non-hydrogen) atoms. The van der Waals surface area contributed by atoms with E-state index in [0.717, 1.165) is 41.7 Å². The number of ketones is 1. The molecule has 6 heteroatoms. The minimum atomic E-state index is -0.998. The van der Waals surface area contributed by atoms with Gasteiger partial charge in [0.05, 0.1) is 13.2 Å². The SMILES string of the molecule is COc1ccccc1C1NC(=O)c2ccc3c(c21)O[C@@]12CC(=O)C(O)C(C)(C)[C@@H]1CC[C@H](C)[C@@]2(C)C3. The van der Waals surface area contributed by atoms with Crippen LogP contribution < -0.4 is 14.8 Å². The molecule has 0 saturated heterocycles. The molecule has 2 heterocycles. The van der Waals surface area contributed by atoms with Gasteiger partial charge in [0.25, 0.3) is 5.91 Å². The number of amides is 1. The van der Waals surface area contributed by atoms with Crippen molar-refractivity contribution in [2.75, 3.05) is 7.11 Å². The highest BCUT2D eigenvalue weighted by Crippen LogP contribution is 2.66. The Hall–Kier alpha value is -2.86. The molecular weight excluding hydrogens is 454 g/mol. The van der Waals surface area contributed by atoms with E-state index in [-0.39, 0.29) is 29.4 Å². The normalized spacial score (nSPS) is 36.1. The Balaban J connectivity index is 1.57. The number of hydrogen-bond acceptors (Lipinski definition) is 5. The van der Waals surface area contributed by atoms with Crippen LogP contribution in [-0.2, 0) is 11.2 Å². The van der Waals surface area contributed by atoms with Crippen LogP contribution in [-0.4, -0.2) is 35.6 Å². The highest BCUT2D eigenvalue weighted by molar-refractivity contribution is 6.01. The van der Waals surface area contributed by atoms with Gasteiger partial charge in [-0.3, -0.25) is 9.59 Å². The summed E-state index contributed by atoms with van der Waals surface area (Å²) in [6, 6.07) is 11.3. The van der Waals surface area contributed by atoms with Crippen molar-refractivity contribution in [3.63, 3.8) is 0 Å². The molecule has 4 aliphatic rings. The van der Waals surface area contributed by atoms with E-state index in [0.29, 0.717) is 17.2 Å². The molecule has 2 fully saturated rings. The van der Waals surface area contributed by atoms with Crippen molar-refractivity contribution < 1.29 is 24.2 Å². The Kier molecular flexibility index (Phi) is 4.95. The van der Waals surface area contributed by atoms with Gasteiger partial charge in [0.1, 0.15) is 23.2 Å². The van der Waals surface area contributed by atoms with Crippen LogP contribution in [0.5, 0.6) is 11.5 Å². The quantitative estimate of drug-likeness (QED) is 0.643. The molecule has 2 N–H and O–H groups in total. The van der Waals surface area contributed by atoms with Crippen LogP contribution in [0.15, 0.2) is 36.4 Å². The molecule has 0 bridgehead atoms. The number of benzene rings is 2. The number of carbonyl (C=O) groups is 2. The summed E-state index contributed by atoms with van der Waals surface area (Å²) in [5.41, 5.74) is 1.74. The number of rotatable bonds is 2. The van der Waals surface area contributed by atoms with E-state index < -0.39 is 23.2 Å². The fourth-order valence-corrected chi connectivity index (χ4v) is 7.98. The maximum absolute atomic E-state index is 13.3. The van der Waals surface area contributed by atoms with Crippen LogP contribution in [0.1, 0.15) is 80.0 Å². The number of ether oxygens (including phenoxy) is 2. The van der Waals surface area contributed by atoms with Crippen molar-refractivity contribution in [1.82, 2.24) is 5.32 Å². The number of Topliss-reactive ketones (excluding diaryl/α,β-unsaturated/α-hetero) is 1. The highest BCUT2D eigenvalue weighted by Gasteiger charge is 2.69. The fraction of sp³-hybridized carbons (Fsp3) is 0.533. The summed E-state index contributed by atoms with van der Waals surface area (Å²) >= 11 is 0. The summed E-state index contributed by atoms with van der Waals surface area (Å²) in [6.45, 7) is 8.55. The minimum absolute atomic E-state index is 0.0117. The van der Waals surface area contributed by atoms with Crippen molar-refractivity contribution in [2.45, 2.75) is 71.1 Å². The molecule has 2 unspecified atom stereocenters. The molecule has 2 aromatic rings. The predicted molar refractivity (Wildman–Crippen MR) is 135 cm³/mol. The van der Waals surface area contributed by atoms with Crippen molar-refractivity contribution in [2.24, 2.45) is 22.7 Å². The summed E-state index contributed by atoms with van der Waals surface area (Å²) in [6.07, 6.45) is 1.88. The van der Waals surface area contributed by atoms with E-state index in [1.165, 1.54) is 0 Å². The largest absolute Gasteiger partial charge is 0.496 e. The van der Waals surface area contributed by atoms with E-state index >= 15 is 0 Å². The number of fused-ring (bicyclic) bond motifs is 3. The lowest BCUT2D eigenvalue weighted by Crippen LogP contribution is -2.72. The molecule has 1 amide bonds. The molecule has 2 aliphatic carbocycles. The molecule has 0 radical (unpaired) electrons. The van der Waals surface area contributed by atoms with E-state index in [2.05, 4.69) is 19.2 Å². The van der Waals surface area contributed by atoms with Crippen LogP contribution in [0.4, 0.5) is 0 Å². The lowest BCUT2D eigenvalue weighted by molar-refractivity contribution is -0.226. The second-order valence-electron chi connectivity index (χ2n) is 12.1. The summed E-state index contributed by atoms with van der Waals surface area (Å²) in [7, 11) is 1.63. The number of aliphatic hydroxyl groups excluding tert-OH is 1. The maximum atomic E-state index is 13.3. The maximum Gasteiger partial charge on any atom is 0.252 e. The van der Waals surface area contributed by atoms with Crippen LogP contribution >= 0.6 is 0 Å². The Bertz CT molecular complexity index is 1280. The lowest BCUT2D eigenvalue weighted by atomic mass is 9.43. The van der Waals surface area contributed by atoms with E-state index in [1.54, 1.807) is 7.11 Å². The number of methoxy groups -OCH3 is 1. The molecule has 2 aliphatic heterocycles. The summed E-state index contributed by atoms with van der Waals surface area (Å²) in [5, 5.41) is 14.1. The zero-order chi connectivity index (χ0) is 25.6. The average Bonchev–Trinajstić information content (AvgIpc) is 3.19. The number of nitrogens with one attached hydrogen (secondary N) is 1. The third-order valence-electron chi connectivity index (χ3n) is 10.2. The van der Waals surface area contributed by atoms with Gasteiger partial charge >= 0.3 is 0 Å². The van der Waals surface area contributed by atoms with Gasteiger partial charge in [-0.05, 0) is 42.9 Å². The fourth-order valence-electron chi connectivity index (χ4n) is 7.98. The van der Waals surface area contributed by atoms with Gasteiger partial charge in [0.2, 0.25) is 0 Å². The van der Waals surface area contributed by atoms with Crippen molar-refractivity contribution in [3.8, 4) is 11.5 Å². The molecule has 6 atom stereocenters. The summed E-state index contributed by atoms with van der Waals surface area (Å²) in [4.78, 5) is 26.4. The summed E-state index contributed by atoms with van der Waals surface area (Å²) in [5.74, 6) is 1.49. The van der Waals surface area contributed by atoms with Crippen LogP contribution in [0.2, 0.25) is 0 Å². The lowest BCUT2D eigenvalue weighted by Gasteiger charge is -2.66. The van der Waals surface area contributed by atoms with Gasteiger partial charge in [-0.2, -0.15) is 0 Å². The van der Waals surface area contributed by atoms with Crippen molar-refractivity contribution in [3.05, 3.63) is 58.7 Å². The second kappa shape index (κ2) is 7.58. The molecule has 0 aromatic heterocycles. The van der Waals surface area contributed by atoms with Crippen LogP contribution in [0.25, 0.3) is 0 Å². The predicted octanol–water partition coefficient (Wildman–Crippen LogP) is 4.61. The third kappa shape index (κ3) is 2.82. The Morgan fingerprint density at radius 2 is 1.81 bits per heavy atom. The number of hydrogen-bond donors (Lipinski definition) is 2. The van der Waals surface area contributed by atoms with Crippen LogP contribution in [0, 0.1) is 22.7 Å². The molecular formula is C30H35NO5. The second-order valence-corrected chi connectivity index (χ2v) is 12.1. The standard InChI is InChI=1S/C30H35NO5/c1-16-10-13-22-28(2,3)26(33)20(32)15-30(22)29(16,4)14-17-11-12-19-23(25(17)36-30)24(31-27(19)34)18-8-6-7-9-21(18)35-5/h6-9,11-12,16,22,24,26,33H,10,13-15H2,1-5H3,(H,31,34)/t16-,22-,24?,26?,29+,30-/m0/s1. The first-order chi connectivity index (χ1) is 17.0. The van der Waals surface area contributed by atoms with Gasteiger partial charge in [-0.25, -0.2) is 0 Å². The van der Waals surface area contributed by atoms with E-state index in [9.17, 15) is 14.7 Å². The van der Waals surface area contributed by atoms with Gasteiger partial charge in [0, 0.05) is 39.9 Å². The minimum Gasteiger partial charge on any atom is -0.496 e. The smallest absolute Gasteiger partial charge is 0.252 e. The Morgan fingerprint density at radius 3 is 2.56 bits per heavy atom. The van der Waals surface area contributed by atoms with E-state index in [4.69, 9.17) is 9.47 Å². The van der Waals surface area contributed by atoms with Gasteiger partial charge < -0.3 is 19.9 Å². The van der Waals surface area contributed by atoms with E-state index in [1.807, 2.05) is 50.2 Å². The molecule has 1 spiro atoms. The van der Waals surface area contributed by atoms with Crippen LogP contribution in [0.3, 0.4) is 0 Å². The van der Waals surface area contributed by atoms with Gasteiger partial charge in [-0.1, -0.05) is 52.0 Å². The van der Waals surface area contributed by atoms with Crippen molar-refractivity contribution >= 4 is 11.7 Å². The zero-order valence-corrected chi connectivity index (χ0v) is 21.7. The average molecular weight is 490 g/mol. The number of aliphatic hydroxyl groups is 1. The molecule has 6 nitrogen and oxygen atoms in total. The third-order valence-corrected chi connectivity index (χ3v) is 10.2. The monoisotopic (exact) mass is 489 g/mol. The molecule has 6 rings (SSSR count). The first kappa shape index (κ1) is 23.5. The summed E-state index contributed by atoms with van der Waals surface area (Å²) < 4.78 is 12.8. The molecule has 190 valence electrons. The Labute approximate surface area is 212 Å². The number of carbonyl (C=O) groups excluding carboxylic acids is 2. The molecule has 2 aromatic carbocycles. The first-order valence-corrected chi connectivity index (χ1v) is 13.0. The Morgan fingerprint density at radius 1 is 1.06 bits per heavy atom. The first-order valence-electron chi connectivity index (χ1n) is 13.0. The number of para-hydroxylation sites is 1. The zero-order valence-electron chi connectivity index (χ0n) is 21.7. The van der Waals surface area contributed by atoms with Crippen molar-refractivity contribution in [1.29, 1.82) is 0 Å².